The van der Waals surface area contributed by atoms with E-state index in [2.05, 4.69) is 24.2 Å². The molecule has 82 valence electrons. The standard InChI is InChI=1S/C12H24N2/c1-3-10-4-5-12(8-10)14-7-6-11(9-14)13-2/h10-13H,3-9H2,1-2H3. The molecule has 1 heterocycles. The molecule has 2 nitrogen and oxygen atoms in total. The van der Waals surface area contributed by atoms with E-state index in [0.29, 0.717) is 0 Å². The molecule has 0 radical (unpaired) electrons. The maximum atomic E-state index is 3.40. The van der Waals surface area contributed by atoms with Crippen LogP contribution in [0.2, 0.25) is 0 Å². The largest absolute Gasteiger partial charge is 0.316 e. The van der Waals surface area contributed by atoms with Crippen LogP contribution in [0.4, 0.5) is 0 Å². The van der Waals surface area contributed by atoms with E-state index in [9.17, 15) is 0 Å². The van der Waals surface area contributed by atoms with E-state index in [1.165, 1.54) is 45.2 Å². The summed E-state index contributed by atoms with van der Waals surface area (Å²) in [6.07, 6.45) is 7.13. The van der Waals surface area contributed by atoms with E-state index in [0.717, 1.165) is 18.0 Å². The number of nitrogens with one attached hydrogen (secondary N) is 1. The minimum Gasteiger partial charge on any atom is -0.316 e. The molecule has 2 heteroatoms. The van der Waals surface area contributed by atoms with Gasteiger partial charge in [-0.1, -0.05) is 13.3 Å². The van der Waals surface area contributed by atoms with Crippen molar-refractivity contribution in [2.45, 2.75) is 51.1 Å². The first-order valence-electron chi connectivity index (χ1n) is 6.24. The summed E-state index contributed by atoms with van der Waals surface area (Å²) in [5.41, 5.74) is 0. The van der Waals surface area contributed by atoms with E-state index in [1.807, 2.05) is 0 Å². The Morgan fingerprint density at radius 3 is 2.71 bits per heavy atom. The van der Waals surface area contributed by atoms with Crippen molar-refractivity contribution in [3.8, 4) is 0 Å². The lowest BCUT2D eigenvalue weighted by atomic mass is 10.1. The molecule has 1 aliphatic carbocycles. The van der Waals surface area contributed by atoms with E-state index in [1.54, 1.807) is 0 Å². The lowest BCUT2D eigenvalue weighted by Gasteiger charge is -2.23. The number of hydrogen-bond donors (Lipinski definition) is 1. The van der Waals surface area contributed by atoms with Crippen LogP contribution in [-0.2, 0) is 0 Å². The molecular formula is C12H24N2. The quantitative estimate of drug-likeness (QED) is 0.741. The van der Waals surface area contributed by atoms with Gasteiger partial charge in [0, 0.05) is 25.2 Å². The number of rotatable bonds is 3. The van der Waals surface area contributed by atoms with Gasteiger partial charge in [-0.25, -0.2) is 0 Å². The van der Waals surface area contributed by atoms with Gasteiger partial charge in [0.15, 0.2) is 0 Å². The average molecular weight is 196 g/mol. The van der Waals surface area contributed by atoms with Crippen LogP contribution in [0.25, 0.3) is 0 Å². The Morgan fingerprint density at radius 2 is 2.14 bits per heavy atom. The average Bonchev–Trinajstić information content (AvgIpc) is 2.86. The van der Waals surface area contributed by atoms with Crippen LogP contribution in [0.5, 0.6) is 0 Å². The summed E-state index contributed by atoms with van der Waals surface area (Å²) in [6.45, 7) is 4.96. The van der Waals surface area contributed by atoms with E-state index >= 15 is 0 Å². The van der Waals surface area contributed by atoms with Gasteiger partial charge >= 0.3 is 0 Å². The Kier molecular flexibility index (Phi) is 3.45. The molecule has 2 aliphatic rings. The van der Waals surface area contributed by atoms with E-state index in [4.69, 9.17) is 0 Å². The van der Waals surface area contributed by atoms with Gasteiger partial charge in [0.2, 0.25) is 0 Å². The van der Waals surface area contributed by atoms with Crippen molar-refractivity contribution in [1.82, 2.24) is 10.2 Å². The van der Waals surface area contributed by atoms with Crippen molar-refractivity contribution < 1.29 is 0 Å². The third-order valence-electron chi connectivity index (χ3n) is 4.24. The highest BCUT2D eigenvalue weighted by Crippen LogP contribution is 2.32. The SMILES string of the molecule is CCC1CCC(N2CCC(NC)C2)C1. The van der Waals surface area contributed by atoms with Crippen molar-refractivity contribution in [3.05, 3.63) is 0 Å². The first kappa shape index (κ1) is 10.4. The third-order valence-corrected chi connectivity index (χ3v) is 4.24. The monoisotopic (exact) mass is 196 g/mol. The van der Waals surface area contributed by atoms with Gasteiger partial charge in [-0.3, -0.25) is 4.90 Å². The zero-order valence-corrected chi connectivity index (χ0v) is 9.63. The van der Waals surface area contributed by atoms with Crippen LogP contribution < -0.4 is 5.32 Å². The minimum absolute atomic E-state index is 0.760. The lowest BCUT2D eigenvalue weighted by molar-refractivity contribution is 0.235. The Balaban J connectivity index is 1.80. The maximum absolute atomic E-state index is 3.40. The van der Waals surface area contributed by atoms with Crippen LogP contribution in [0.3, 0.4) is 0 Å². The fraction of sp³-hybridized carbons (Fsp3) is 1.00. The Hall–Kier alpha value is -0.0800. The van der Waals surface area contributed by atoms with Crippen molar-refractivity contribution >= 4 is 0 Å². The first-order chi connectivity index (χ1) is 6.83. The molecule has 1 N–H and O–H groups in total. The van der Waals surface area contributed by atoms with Gasteiger partial charge in [0.1, 0.15) is 0 Å². The highest BCUT2D eigenvalue weighted by atomic mass is 15.2. The summed E-state index contributed by atoms with van der Waals surface area (Å²) in [5, 5.41) is 3.40. The summed E-state index contributed by atoms with van der Waals surface area (Å²) in [6, 6.07) is 1.67. The van der Waals surface area contributed by atoms with Crippen LogP contribution in [0.15, 0.2) is 0 Å². The molecule has 2 fully saturated rings. The van der Waals surface area contributed by atoms with E-state index < -0.39 is 0 Å². The fourth-order valence-electron chi connectivity index (χ4n) is 3.11. The molecule has 14 heavy (non-hydrogen) atoms. The van der Waals surface area contributed by atoms with E-state index in [-0.39, 0.29) is 0 Å². The summed E-state index contributed by atoms with van der Waals surface area (Å²) >= 11 is 0. The number of hydrogen-bond acceptors (Lipinski definition) is 2. The molecule has 0 bridgehead atoms. The summed E-state index contributed by atoms with van der Waals surface area (Å²) in [5.74, 6) is 1.02. The van der Waals surface area contributed by atoms with Gasteiger partial charge in [-0.2, -0.15) is 0 Å². The maximum Gasteiger partial charge on any atom is 0.0204 e. The summed E-state index contributed by atoms with van der Waals surface area (Å²) < 4.78 is 0. The molecule has 0 aromatic heterocycles. The molecule has 0 aromatic rings. The van der Waals surface area contributed by atoms with Gasteiger partial charge < -0.3 is 5.32 Å². The van der Waals surface area contributed by atoms with Crippen molar-refractivity contribution in [2.24, 2.45) is 5.92 Å². The van der Waals surface area contributed by atoms with Crippen LogP contribution in [-0.4, -0.2) is 37.1 Å². The molecule has 3 unspecified atom stereocenters. The molecule has 3 atom stereocenters. The molecule has 0 aromatic carbocycles. The van der Waals surface area contributed by atoms with Crippen molar-refractivity contribution in [1.29, 1.82) is 0 Å². The molecule has 2 rings (SSSR count). The molecule has 1 aliphatic heterocycles. The topological polar surface area (TPSA) is 15.3 Å². The predicted molar refractivity (Wildman–Crippen MR) is 60.5 cm³/mol. The Morgan fingerprint density at radius 1 is 1.29 bits per heavy atom. The third kappa shape index (κ3) is 2.12. The minimum atomic E-state index is 0.760. The summed E-state index contributed by atoms with van der Waals surface area (Å²) in [7, 11) is 2.09. The van der Waals surface area contributed by atoms with Crippen LogP contribution >= 0.6 is 0 Å². The molecule has 1 saturated heterocycles. The smallest absolute Gasteiger partial charge is 0.0204 e. The second-order valence-electron chi connectivity index (χ2n) is 5.01. The van der Waals surface area contributed by atoms with Gasteiger partial charge in [0.25, 0.3) is 0 Å². The normalized spacial score (nSPS) is 39.4. The zero-order valence-electron chi connectivity index (χ0n) is 9.63. The second kappa shape index (κ2) is 4.63. The van der Waals surface area contributed by atoms with Crippen molar-refractivity contribution in [2.75, 3.05) is 20.1 Å². The van der Waals surface area contributed by atoms with Crippen LogP contribution in [0, 0.1) is 5.92 Å². The Labute approximate surface area is 88.1 Å². The Bertz CT molecular complexity index is 161. The predicted octanol–water partition coefficient (Wildman–Crippen LogP) is 1.86. The van der Waals surface area contributed by atoms with Crippen LogP contribution in [0.1, 0.15) is 39.0 Å². The number of likely N-dealkylation sites (N-methyl/N-ethyl adjacent to an activating group) is 1. The molecule has 1 saturated carbocycles. The second-order valence-corrected chi connectivity index (χ2v) is 5.01. The highest BCUT2D eigenvalue weighted by molar-refractivity contribution is 4.89. The molecule has 0 spiro atoms. The highest BCUT2D eigenvalue weighted by Gasteiger charge is 2.32. The fourth-order valence-corrected chi connectivity index (χ4v) is 3.11. The summed E-state index contributed by atoms with van der Waals surface area (Å²) in [4.78, 5) is 2.72. The lowest BCUT2D eigenvalue weighted by Crippen LogP contribution is -2.35. The number of likely N-dealkylation sites (tertiary alicyclic amines) is 1. The number of nitrogens with zero attached hydrogens (tertiary/aromatic N) is 1. The molecule has 0 amide bonds. The van der Waals surface area contributed by atoms with Crippen molar-refractivity contribution in [3.63, 3.8) is 0 Å². The molecular weight excluding hydrogens is 172 g/mol. The van der Waals surface area contributed by atoms with Gasteiger partial charge in [-0.05, 0) is 38.6 Å². The van der Waals surface area contributed by atoms with Gasteiger partial charge in [-0.15, -0.1) is 0 Å². The van der Waals surface area contributed by atoms with Gasteiger partial charge in [0.05, 0.1) is 0 Å². The zero-order chi connectivity index (χ0) is 9.97. The first-order valence-corrected chi connectivity index (χ1v) is 6.24.